The number of carbonyl (C=O) groups is 1. The predicted octanol–water partition coefficient (Wildman–Crippen LogP) is 3.13. The monoisotopic (exact) mass is 387 g/mol. The second kappa shape index (κ2) is 7.59. The molecule has 1 heterocycles. The number of aromatic amines is 1. The summed E-state index contributed by atoms with van der Waals surface area (Å²) in [5.74, 6) is -1.36. The minimum absolute atomic E-state index is 0.0506. The van der Waals surface area contributed by atoms with E-state index in [1.807, 2.05) is 19.1 Å². The zero-order chi connectivity index (χ0) is 19.6. The minimum Gasteiger partial charge on any atom is -0.322 e. The topological polar surface area (TPSA) is 84.0 Å². The van der Waals surface area contributed by atoms with Crippen molar-refractivity contribution in [1.82, 2.24) is 9.55 Å². The van der Waals surface area contributed by atoms with Gasteiger partial charge < -0.3 is 10.3 Å². The molecule has 0 saturated carbocycles. The summed E-state index contributed by atoms with van der Waals surface area (Å²) in [6.07, 6.45) is 1.90. The fraction of sp³-hybridized carbons (Fsp3) is 0.105. The van der Waals surface area contributed by atoms with E-state index in [1.165, 1.54) is 6.07 Å². The van der Waals surface area contributed by atoms with Crippen LogP contribution in [-0.2, 0) is 6.42 Å². The third-order valence-corrected chi connectivity index (χ3v) is 4.29. The largest absolute Gasteiger partial charge is 0.333 e. The number of hydrogen-bond donors (Lipinski definition) is 2. The highest BCUT2D eigenvalue weighted by atomic mass is 35.5. The maximum atomic E-state index is 13.3. The van der Waals surface area contributed by atoms with Crippen molar-refractivity contribution in [1.29, 1.82) is 0 Å². The maximum absolute atomic E-state index is 13.3. The number of aryl methyl sites for hydroxylation is 1. The first kappa shape index (κ1) is 18.6. The van der Waals surface area contributed by atoms with Crippen LogP contribution in [0, 0.1) is 5.82 Å². The Balaban J connectivity index is 1.99. The van der Waals surface area contributed by atoms with Crippen molar-refractivity contribution >= 4 is 23.2 Å². The van der Waals surface area contributed by atoms with Crippen LogP contribution >= 0.6 is 11.6 Å². The lowest BCUT2D eigenvalue weighted by Gasteiger charge is -2.09. The van der Waals surface area contributed by atoms with Gasteiger partial charge in [0.15, 0.2) is 0 Å². The number of hydrogen-bond acceptors (Lipinski definition) is 3. The first-order valence-electron chi connectivity index (χ1n) is 8.11. The van der Waals surface area contributed by atoms with E-state index in [9.17, 15) is 18.8 Å². The summed E-state index contributed by atoms with van der Waals surface area (Å²) in [7, 11) is 0. The maximum Gasteiger partial charge on any atom is 0.333 e. The van der Waals surface area contributed by atoms with Crippen molar-refractivity contribution in [3.05, 3.63) is 91.5 Å². The summed E-state index contributed by atoms with van der Waals surface area (Å²) in [6.45, 7) is 2.01. The summed E-state index contributed by atoms with van der Waals surface area (Å²) in [5.41, 5.74) is -0.216. The van der Waals surface area contributed by atoms with Gasteiger partial charge in [0.25, 0.3) is 11.5 Å². The Labute approximate surface area is 158 Å². The van der Waals surface area contributed by atoms with Gasteiger partial charge in [-0.1, -0.05) is 30.7 Å². The second-order valence-electron chi connectivity index (χ2n) is 5.75. The zero-order valence-corrected chi connectivity index (χ0v) is 15.0. The molecule has 3 aromatic rings. The van der Waals surface area contributed by atoms with Crippen LogP contribution in [-0.4, -0.2) is 15.5 Å². The number of nitrogens with one attached hydrogen (secondary N) is 2. The van der Waals surface area contributed by atoms with Crippen molar-refractivity contribution in [3.63, 3.8) is 0 Å². The fourth-order valence-electron chi connectivity index (χ4n) is 2.52. The number of amides is 1. The van der Waals surface area contributed by atoms with Crippen LogP contribution in [0.15, 0.2) is 58.3 Å². The normalized spacial score (nSPS) is 10.6. The summed E-state index contributed by atoms with van der Waals surface area (Å²) in [6, 6.07) is 10.6. The van der Waals surface area contributed by atoms with Gasteiger partial charge in [-0.15, -0.1) is 0 Å². The molecule has 0 aliphatic heterocycles. The molecule has 2 aromatic carbocycles. The highest BCUT2D eigenvalue weighted by Gasteiger charge is 2.16. The Hall–Kier alpha value is -3.19. The molecule has 3 rings (SSSR count). The molecule has 6 nitrogen and oxygen atoms in total. The van der Waals surface area contributed by atoms with Gasteiger partial charge in [0.05, 0.1) is 10.7 Å². The molecule has 0 fully saturated rings. The third-order valence-electron chi connectivity index (χ3n) is 4.00. The van der Waals surface area contributed by atoms with Crippen molar-refractivity contribution in [2.75, 3.05) is 5.32 Å². The lowest BCUT2D eigenvalue weighted by atomic mass is 10.1. The van der Waals surface area contributed by atoms with Crippen LogP contribution in [0.2, 0.25) is 5.02 Å². The Morgan fingerprint density at radius 2 is 1.89 bits per heavy atom. The standard InChI is InChI=1S/C19H15ClFN3O3/c1-2-11-3-5-12(6-4-11)23-17(25)14-10-22-19(27)24(18(14)26)13-7-8-16(21)15(20)9-13/h3-10H,2H2,1H3,(H,22,27)(H,23,25). The highest BCUT2D eigenvalue weighted by molar-refractivity contribution is 6.30. The molecule has 0 spiro atoms. The predicted molar refractivity (Wildman–Crippen MR) is 101 cm³/mol. The molecular formula is C19H15ClFN3O3. The number of carbonyl (C=O) groups excluding carboxylic acids is 1. The first-order valence-corrected chi connectivity index (χ1v) is 8.49. The summed E-state index contributed by atoms with van der Waals surface area (Å²) >= 11 is 5.72. The zero-order valence-electron chi connectivity index (χ0n) is 14.3. The fourth-order valence-corrected chi connectivity index (χ4v) is 2.69. The Bertz CT molecular complexity index is 1120. The number of H-pyrrole nitrogens is 1. The number of nitrogens with zero attached hydrogens (tertiary/aromatic N) is 1. The molecule has 0 aliphatic rings. The number of anilines is 1. The molecule has 0 aliphatic carbocycles. The lowest BCUT2D eigenvalue weighted by molar-refractivity contribution is 0.102. The SMILES string of the molecule is CCc1ccc(NC(=O)c2c[nH]c(=O)n(-c3ccc(F)c(Cl)c3)c2=O)cc1. The van der Waals surface area contributed by atoms with Gasteiger partial charge in [-0.3, -0.25) is 9.59 Å². The number of halogens is 2. The average Bonchev–Trinajstić information content (AvgIpc) is 2.65. The van der Waals surface area contributed by atoms with Crippen LogP contribution in [0.1, 0.15) is 22.8 Å². The first-order chi connectivity index (χ1) is 12.9. The van der Waals surface area contributed by atoms with Crippen LogP contribution in [0.4, 0.5) is 10.1 Å². The molecule has 0 radical (unpaired) electrons. The van der Waals surface area contributed by atoms with E-state index in [0.717, 1.165) is 34.9 Å². The van der Waals surface area contributed by atoms with Crippen LogP contribution in [0.5, 0.6) is 0 Å². The molecule has 1 amide bonds. The molecule has 8 heteroatoms. The van der Waals surface area contributed by atoms with Gasteiger partial charge in [0.2, 0.25) is 0 Å². The van der Waals surface area contributed by atoms with E-state index in [1.54, 1.807) is 12.1 Å². The van der Waals surface area contributed by atoms with E-state index in [4.69, 9.17) is 11.6 Å². The second-order valence-corrected chi connectivity index (χ2v) is 6.16. The van der Waals surface area contributed by atoms with Gasteiger partial charge >= 0.3 is 5.69 Å². The van der Waals surface area contributed by atoms with Gasteiger partial charge in [0, 0.05) is 11.9 Å². The molecule has 27 heavy (non-hydrogen) atoms. The molecule has 0 atom stereocenters. The van der Waals surface area contributed by atoms with Crippen molar-refractivity contribution in [2.45, 2.75) is 13.3 Å². The van der Waals surface area contributed by atoms with E-state index in [2.05, 4.69) is 10.3 Å². The Morgan fingerprint density at radius 3 is 2.52 bits per heavy atom. The Morgan fingerprint density at radius 1 is 1.19 bits per heavy atom. The molecular weight excluding hydrogens is 373 g/mol. The number of benzene rings is 2. The minimum atomic E-state index is -0.843. The summed E-state index contributed by atoms with van der Waals surface area (Å²) in [5, 5.41) is 2.36. The van der Waals surface area contributed by atoms with E-state index in [-0.39, 0.29) is 16.3 Å². The molecule has 138 valence electrons. The van der Waals surface area contributed by atoms with Crippen LogP contribution in [0.25, 0.3) is 5.69 Å². The number of aromatic nitrogens is 2. The summed E-state index contributed by atoms with van der Waals surface area (Å²) in [4.78, 5) is 39.6. The van der Waals surface area contributed by atoms with Crippen LogP contribution in [0.3, 0.4) is 0 Å². The van der Waals surface area contributed by atoms with Crippen LogP contribution < -0.4 is 16.6 Å². The molecule has 1 aromatic heterocycles. The van der Waals surface area contributed by atoms with E-state index < -0.39 is 23.0 Å². The van der Waals surface area contributed by atoms with Gasteiger partial charge in [-0.05, 0) is 42.3 Å². The highest BCUT2D eigenvalue weighted by Crippen LogP contribution is 2.17. The Kier molecular flexibility index (Phi) is 5.23. The average molecular weight is 388 g/mol. The van der Waals surface area contributed by atoms with E-state index >= 15 is 0 Å². The van der Waals surface area contributed by atoms with E-state index in [0.29, 0.717) is 5.69 Å². The van der Waals surface area contributed by atoms with Crippen molar-refractivity contribution in [2.24, 2.45) is 0 Å². The van der Waals surface area contributed by atoms with Gasteiger partial charge in [-0.25, -0.2) is 13.8 Å². The quantitative estimate of drug-likeness (QED) is 0.721. The lowest BCUT2D eigenvalue weighted by Crippen LogP contribution is -2.38. The molecule has 2 N–H and O–H groups in total. The summed E-state index contributed by atoms with van der Waals surface area (Å²) < 4.78 is 14.1. The van der Waals surface area contributed by atoms with Crippen molar-refractivity contribution < 1.29 is 9.18 Å². The third kappa shape index (κ3) is 3.83. The van der Waals surface area contributed by atoms with Crippen molar-refractivity contribution in [3.8, 4) is 5.69 Å². The van der Waals surface area contributed by atoms with Gasteiger partial charge in [-0.2, -0.15) is 0 Å². The number of rotatable bonds is 4. The van der Waals surface area contributed by atoms with Gasteiger partial charge in [0.1, 0.15) is 11.4 Å². The molecule has 0 unspecified atom stereocenters. The smallest absolute Gasteiger partial charge is 0.322 e. The molecule has 0 saturated heterocycles. The molecule has 0 bridgehead atoms.